The number of aromatic nitrogens is 2. The Bertz CT molecular complexity index is 823. The van der Waals surface area contributed by atoms with Crippen molar-refractivity contribution in [2.45, 2.75) is 6.92 Å². The van der Waals surface area contributed by atoms with Crippen molar-refractivity contribution >= 4 is 29.3 Å². The van der Waals surface area contributed by atoms with E-state index in [-0.39, 0.29) is 0 Å². The fourth-order valence-electron chi connectivity index (χ4n) is 2.28. The monoisotopic (exact) mass is 274 g/mol. The number of hydrogen-bond donors (Lipinski definition) is 0. The van der Waals surface area contributed by atoms with Gasteiger partial charge in [0.25, 0.3) is 0 Å². The zero-order chi connectivity index (χ0) is 14.7. The van der Waals surface area contributed by atoms with Crippen LogP contribution < -0.4 is 0 Å². The number of nitrogens with zero attached hydrogens (tertiary/aromatic N) is 2. The van der Waals surface area contributed by atoms with Gasteiger partial charge in [0.1, 0.15) is 0 Å². The molecule has 3 nitrogen and oxygen atoms in total. The van der Waals surface area contributed by atoms with Crippen LogP contribution in [0.2, 0.25) is 0 Å². The van der Waals surface area contributed by atoms with E-state index < -0.39 is 0 Å². The molecule has 0 amide bonds. The van der Waals surface area contributed by atoms with Crippen LogP contribution in [-0.4, -0.2) is 16.3 Å². The average molecular weight is 274 g/mol. The van der Waals surface area contributed by atoms with Gasteiger partial charge in [-0.2, -0.15) is 0 Å². The van der Waals surface area contributed by atoms with Crippen molar-refractivity contribution in [2.75, 3.05) is 0 Å². The van der Waals surface area contributed by atoms with Crippen LogP contribution in [0.1, 0.15) is 27.2 Å². The van der Waals surface area contributed by atoms with E-state index in [1.165, 1.54) is 0 Å². The summed E-state index contributed by atoms with van der Waals surface area (Å²) in [5.74, 6) is 0. The van der Waals surface area contributed by atoms with Crippen molar-refractivity contribution in [1.29, 1.82) is 0 Å². The lowest BCUT2D eigenvalue weighted by Crippen LogP contribution is -1.91. The summed E-state index contributed by atoms with van der Waals surface area (Å²) in [5, 5.41) is 0.879. The van der Waals surface area contributed by atoms with Crippen LogP contribution in [-0.2, 0) is 0 Å². The molecule has 0 bridgehead atoms. The number of hydrogen-bond acceptors (Lipinski definition) is 3. The Morgan fingerprint density at radius 3 is 2.67 bits per heavy atom. The lowest BCUT2D eigenvalue weighted by Gasteiger charge is -2.04. The lowest BCUT2D eigenvalue weighted by atomic mass is 10.0. The second-order valence-electron chi connectivity index (χ2n) is 4.87. The molecular formula is C18H14N2O. The maximum absolute atomic E-state index is 11.2. The molecule has 0 unspecified atom stereocenters. The third-order valence-electron chi connectivity index (χ3n) is 3.27. The smallest absolute Gasteiger partial charge is 0.150 e. The summed E-state index contributed by atoms with van der Waals surface area (Å²) in [7, 11) is 0. The molecule has 2 heterocycles. The first-order chi connectivity index (χ1) is 10.3. The van der Waals surface area contributed by atoms with Gasteiger partial charge in [0.05, 0.1) is 5.52 Å². The molecule has 3 aromatic rings. The number of carbonyl (C=O) groups excluding carboxylic acids is 1. The van der Waals surface area contributed by atoms with Crippen LogP contribution in [0.15, 0.2) is 48.8 Å². The Balaban J connectivity index is 2.03. The number of fused-ring (bicyclic) bond motifs is 1. The van der Waals surface area contributed by atoms with Gasteiger partial charge in [-0.05, 0) is 42.3 Å². The van der Waals surface area contributed by atoms with Gasteiger partial charge in [0.15, 0.2) is 6.29 Å². The Kier molecular flexibility index (Phi) is 3.56. The fourth-order valence-corrected chi connectivity index (χ4v) is 2.28. The Morgan fingerprint density at radius 2 is 1.90 bits per heavy atom. The highest BCUT2D eigenvalue weighted by atomic mass is 16.1. The number of aldehydes is 1. The molecule has 3 rings (SSSR count). The van der Waals surface area contributed by atoms with E-state index in [1.54, 1.807) is 12.4 Å². The van der Waals surface area contributed by atoms with Gasteiger partial charge in [0, 0.05) is 29.0 Å². The van der Waals surface area contributed by atoms with Crippen LogP contribution in [0.3, 0.4) is 0 Å². The van der Waals surface area contributed by atoms with E-state index in [0.29, 0.717) is 5.56 Å². The molecule has 0 radical (unpaired) electrons. The van der Waals surface area contributed by atoms with Crippen LogP contribution in [0.4, 0.5) is 0 Å². The molecule has 0 fully saturated rings. The summed E-state index contributed by atoms with van der Waals surface area (Å²) in [6.07, 6.45) is 8.43. The zero-order valence-corrected chi connectivity index (χ0v) is 11.7. The molecule has 0 N–H and O–H groups in total. The van der Waals surface area contributed by atoms with Gasteiger partial charge >= 0.3 is 0 Å². The van der Waals surface area contributed by atoms with Crippen molar-refractivity contribution in [3.63, 3.8) is 0 Å². The molecule has 2 aromatic heterocycles. The fraction of sp³-hybridized carbons (Fsp3) is 0.0556. The maximum atomic E-state index is 11.2. The molecule has 3 heteroatoms. The minimum Gasteiger partial charge on any atom is -0.298 e. The van der Waals surface area contributed by atoms with Crippen LogP contribution in [0.25, 0.3) is 23.1 Å². The molecule has 0 saturated heterocycles. The van der Waals surface area contributed by atoms with Gasteiger partial charge in [-0.15, -0.1) is 0 Å². The molecule has 0 saturated carbocycles. The van der Waals surface area contributed by atoms with Gasteiger partial charge in [-0.3, -0.25) is 14.8 Å². The largest absolute Gasteiger partial charge is 0.298 e. The summed E-state index contributed by atoms with van der Waals surface area (Å²) in [6.45, 7) is 1.89. The maximum Gasteiger partial charge on any atom is 0.150 e. The third kappa shape index (κ3) is 2.87. The molecule has 0 aliphatic heterocycles. The number of carbonyl (C=O) groups is 1. The quantitative estimate of drug-likeness (QED) is 0.680. The Hall–Kier alpha value is -2.81. The van der Waals surface area contributed by atoms with Crippen LogP contribution >= 0.6 is 0 Å². The van der Waals surface area contributed by atoms with E-state index in [1.807, 2.05) is 55.5 Å². The van der Waals surface area contributed by atoms with Crippen molar-refractivity contribution in [3.05, 3.63) is 71.2 Å². The highest BCUT2D eigenvalue weighted by Gasteiger charge is 2.03. The highest BCUT2D eigenvalue weighted by Crippen LogP contribution is 2.20. The number of rotatable bonds is 3. The van der Waals surface area contributed by atoms with Crippen molar-refractivity contribution in [1.82, 2.24) is 9.97 Å². The molecule has 102 valence electrons. The van der Waals surface area contributed by atoms with Crippen LogP contribution in [0.5, 0.6) is 0 Å². The Labute approximate surface area is 123 Å². The molecule has 0 aliphatic rings. The average Bonchev–Trinajstić information content (AvgIpc) is 2.53. The summed E-state index contributed by atoms with van der Waals surface area (Å²) >= 11 is 0. The number of pyridine rings is 2. The van der Waals surface area contributed by atoms with E-state index in [0.717, 1.165) is 34.0 Å². The van der Waals surface area contributed by atoms with Crippen molar-refractivity contribution in [2.24, 2.45) is 0 Å². The predicted octanol–water partition coefficient (Wildman–Crippen LogP) is 3.92. The summed E-state index contributed by atoms with van der Waals surface area (Å²) in [6, 6.07) is 11.6. The first-order valence-electron chi connectivity index (χ1n) is 6.71. The zero-order valence-electron chi connectivity index (χ0n) is 11.7. The molecule has 21 heavy (non-hydrogen) atoms. The summed E-state index contributed by atoms with van der Waals surface area (Å²) in [5.41, 5.74) is 4.43. The summed E-state index contributed by atoms with van der Waals surface area (Å²) in [4.78, 5) is 19.7. The van der Waals surface area contributed by atoms with E-state index >= 15 is 0 Å². The van der Waals surface area contributed by atoms with Gasteiger partial charge < -0.3 is 0 Å². The first kappa shape index (κ1) is 13.2. The highest BCUT2D eigenvalue weighted by molar-refractivity contribution is 5.97. The third-order valence-corrected chi connectivity index (χ3v) is 3.27. The van der Waals surface area contributed by atoms with Crippen molar-refractivity contribution in [3.8, 4) is 0 Å². The van der Waals surface area contributed by atoms with Gasteiger partial charge in [-0.1, -0.05) is 24.3 Å². The lowest BCUT2D eigenvalue weighted by molar-refractivity contribution is 0.112. The topological polar surface area (TPSA) is 42.9 Å². The van der Waals surface area contributed by atoms with Gasteiger partial charge in [0.2, 0.25) is 0 Å². The molecule has 0 spiro atoms. The molecule has 0 atom stereocenters. The predicted molar refractivity (Wildman–Crippen MR) is 85.0 cm³/mol. The molecular weight excluding hydrogens is 260 g/mol. The normalized spacial score (nSPS) is 11.1. The summed E-state index contributed by atoms with van der Waals surface area (Å²) < 4.78 is 0. The number of aryl methyl sites for hydroxylation is 1. The second kappa shape index (κ2) is 5.67. The van der Waals surface area contributed by atoms with Gasteiger partial charge in [-0.25, -0.2) is 0 Å². The van der Waals surface area contributed by atoms with E-state index in [2.05, 4.69) is 9.97 Å². The minimum absolute atomic E-state index is 0.675. The van der Waals surface area contributed by atoms with E-state index in [9.17, 15) is 4.79 Å². The van der Waals surface area contributed by atoms with E-state index in [4.69, 9.17) is 0 Å². The standard InChI is InChI=1S/C18H14N2O/c1-13-9-16(12-21)17-10-14(6-7-18(17)20-13)4-5-15-3-2-8-19-11-15/h2-12H,1H3/b5-4+. The second-order valence-corrected chi connectivity index (χ2v) is 4.87. The van der Waals surface area contributed by atoms with Crippen LogP contribution in [0, 0.1) is 6.92 Å². The molecule has 0 aliphatic carbocycles. The van der Waals surface area contributed by atoms with Crippen molar-refractivity contribution < 1.29 is 4.79 Å². The first-order valence-corrected chi connectivity index (χ1v) is 6.71. The number of benzene rings is 1. The Morgan fingerprint density at radius 1 is 1.05 bits per heavy atom. The molecule has 1 aromatic carbocycles. The SMILES string of the molecule is Cc1cc(C=O)c2cc(/C=C/c3cccnc3)ccc2n1. The minimum atomic E-state index is 0.675.